The van der Waals surface area contributed by atoms with Crippen molar-refractivity contribution >= 4 is 33.2 Å². The van der Waals surface area contributed by atoms with Gasteiger partial charge in [0.2, 0.25) is 0 Å². The molecule has 0 unspecified atom stereocenters. The molecule has 5 nitrogen and oxygen atoms in total. The van der Waals surface area contributed by atoms with Crippen molar-refractivity contribution in [2.75, 3.05) is 16.5 Å². The molecule has 71 heavy (non-hydrogen) atoms. The predicted octanol–water partition coefficient (Wildman–Crippen LogP) is 17.6. The lowest BCUT2D eigenvalue weighted by atomic mass is 9.76. The maximum atomic E-state index is 7.41. The van der Waals surface area contributed by atoms with E-state index < -0.39 is 5.41 Å². The number of rotatable bonds is 12. The molecule has 1 aliphatic rings. The van der Waals surface area contributed by atoms with Crippen molar-refractivity contribution in [2.45, 2.75) is 104 Å². The Morgan fingerprint density at radius 3 is 1.75 bits per heavy atom. The van der Waals surface area contributed by atoms with Crippen molar-refractivity contribution in [3.8, 4) is 28.4 Å². The Morgan fingerprint density at radius 1 is 0.493 bits per heavy atom. The Morgan fingerprint density at radius 2 is 1.08 bits per heavy atom. The van der Waals surface area contributed by atoms with Crippen LogP contribution in [0.5, 0.6) is 11.5 Å². The van der Waals surface area contributed by atoms with E-state index in [-0.39, 0.29) is 10.8 Å². The van der Waals surface area contributed by atoms with Gasteiger partial charge in [-0.3, -0.25) is 4.57 Å². The van der Waals surface area contributed by atoms with Crippen molar-refractivity contribution in [1.29, 1.82) is 0 Å². The van der Waals surface area contributed by atoms with E-state index in [4.69, 9.17) is 9.72 Å². The van der Waals surface area contributed by atoms with Crippen LogP contribution in [0.4, 0.5) is 11.4 Å². The Bertz CT molecular complexity index is 3400. The number of anilines is 2. The number of para-hydroxylation sites is 1. The highest BCUT2D eigenvalue weighted by Crippen LogP contribution is 2.47. The van der Waals surface area contributed by atoms with Gasteiger partial charge < -0.3 is 14.5 Å². The summed E-state index contributed by atoms with van der Waals surface area (Å²) < 4.78 is 9.76. The van der Waals surface area contributed by atoms with Crippen molar-refractivity contribution in [2.24, 2.45) is 0 Å². The van der Waals surface area contributed by atoms with Gasteiger partial charge in [-0.2, -0.15) is 0 Å². The summed E-state index contributed by atoms with van der Waals surface area (Å²) in [6.45, 7) is 26.0. The molecule has 0 atom stereocenters. The summed E-state index contributed by atoms with van der Waals surface area (Å²) in [7, 11) is 0. The topological polar surface area (TPSA) is 33.5 Å². The fourth-order valence-corrected chi connectivity index (χ4v) is 10.7. The molecule has 5 heteroatoms. The highest BCUT2D eigenvalue weighted by Gasteiger charge is 2.31. The normalized spacial score (nSPS) is 13.4. The Hall–Kier alpha value is -7.37. The van der Waals surface area contributed by atoms with Crippen LogP contribution >= 0.6 is 0 Å². The number of hydrogen-bond donors (Lipinski definition) is 0. The third kappa shape index (κ3) is 8.92. The second-order valence-corrected chi connectivity index (χ2v) is 22.2. The molecule has 0 bridgehead atoms. The maximum Gasteiger partial charge on any atom is 0.137 e. The van der Waals surface area contributed by atoms with Gasteiger partial charge in [-0.05, 0) is 116 Å². The SMILES string of the molecule is CC(C)c1cccc(C(C)C)c1-c1cc(Oc2cc(C(C)(C)c3ccccc3)c3c4ccccc4n(-c4cc(C(C)(C)c5ccccc5)ccn4)c3c2)cc(N2C=CN(c3cccc(C(C)(C)C)c3)C2)c1. The molecule has 7 aromatic carbocycles. The van der Waals surface area contributed by atoms with Crippen LogP contribution in [-0.2, 0) is 16.2 Å². The molecular formula is C66H68N4O. The molecule has 2 aromatic heterocycles. The molecule has 10 rings (SSSR count). The first-order valence-corrected chi connectivity index (χ1v) is 25.4. The van der Waals surface area contributed by atoms with Crippen LogP contribution in [0.25, 0.3) is 38.8 Å². The smallest absolute Gasteiger partial charge is 0.137 e. The van der Waals surface area contributed by atoms with Gasteiger partial charge in [-0.1, -0.05) is 185 Å². The van der Waals surface area contributed by atoms with Crippen LogP contribution in [0.1, 0.15) is 127 Å². The number of benzene rings is 7. The molecule has 9 aromatic rings. The lowest BCUT2D eigenvalue weighted by Gasteiger charge is -2.28. The summed E-state index contributed by atoms with van der Waals surface area (Å²) >= 11 is 0. The summed E-state index contributed by atoms with van der Waals surface area (Å²) in [5, 5.41) is 2.37. The quantitative estimate of drug-likeness (QED) is 0.122. The first-order valence-electron chi connectivity index (χ1n) is 25.4. The number of hydrogen-bond acceptors (Lipinski definition) is 4. The van der Waals surface area contributed by atoms with Crippen LogP contribution < -0.4 is 14.5 Å². The molecule has 0 saturated heterocycles. The monoisotopic (exact) mass is 933 g/mol. The largest absolute Gasteiger partial charge is 0.457 e. The van der Waals surface area contributed by atoms with Gasteiger partial charge in [-0.25, -0.2) is 4.98 Å². The number of nitrogens with zero attached hydrogens (tertiary/aromatic N) is 4. The highest BCUT2D eigenvalue weighted by atomic mass is 16.5. The van der Waals surface area contributed by atoms with E-state index in [9.17, 15) is 0 Å². The van der Waals surface area contributed by atoms with Gasteiger partial charge in [0, 0.05) is 63.7 Å². The van der Waals surface area contributed by atoms with Crippen molar-refractivity contribution in [3.63, 3.8) is 0 Å². The highest BCUT2D eigenvalue weighted by molar-refractivity contribution is 6.12. The van der Waals surface area contributed by atoms with Crippen LogP contribution in [0.3, 0.4) is 0 Å². The minimum Gasteiger partial charge on any atom is -0.457 e. The molecule has 0 spiro atoms. The second-order valence-electron chi connectivity index (χ2n) is 22.2. The van der Waals surface area contributed by atoms with Crippen molar-refractivity contribution in [1.82, 2.24) is 9.55 Å². The maximum absolute atomic E-state index is 7.41. The Kier molecular flexibility index (Phi) is 12.3. The Labute approximate surface area is 422 Å². The molecule has 3 heterocycles. The van der Waals surface area contributed by atoms with E-state index in [2.05, 4.69) is 273 Å². The summed E-state index contributed by atoms with van der Waals surface area (Å²) in [5.41, 5.74) is 15.1. The average Bonchev–Trinajstić information content (AvgIpc) is 4.00. The van der Waals surface area contributed by atoms with Crippen molar-refractivity contribution < 1.29 is 4.74 Å². The Balaban J connectivity index is 1.17. The van der Waals surface area contributed by atoms with Crippen molar-refractivity contribution in [3.05, 3.63) is 227 Å². The molecule has 358 valence electrons. The fourth-order valence-electron chi connectivity index (χ4n) is 10.7. The zero-order valence-electron chi connectivity index (χ0n) is 43.5. The van der Waals surface area contributed by atoms with Gasteiger partial charge in [0.1, 0.15) is 17.3 Å². The van der Waals surface area contributed by atoms with Gasteiger partial charge in [0.05, 0.1) is 17.7 Å². The van der Waals surface area contributed by atoms with E-state index in [0.29, 0.717) is 18.5 Å². The lowest BCUT2D eigenvalue weighted by Crippen LogP contribution is -2.25. The summed E-state index contributed by atoms with van der Waals surface area (Å²) in [4.78, 5) is 9.82. The second kappa shape index (κ2) is 18.4. The predicted molar refractivity (Wildman–Crippen MR) is 300 cm³/mol. The third-order valence-corrected chi connectivity index (χ3v) is 15.0. The standard InChI is InChI=1S/C66H68N4O/c1-44(2)55-29-21-30-56(45(3)4)62(55)46-36-52(69-35-34-68(43-69)51-27-20-26-49(38-51)64(5,6)7)40-53(37-46)71-54-41-58(66(10,11)48-24-16-13-17-25-48)63-57-28-18-19-31-59(57)70(60(63)42-54)61-39-50(32-33-67-61)65(8,9)47-22-14-12-15-23-47/h12-42,44-45H,43H2,1-11H3. The van der Waals surface area contributed by atoms with Crippen LogP contribution in [0.2, 0.25) is 0 Å². The number of ether oxygens (including phenoxy) is 1. The minimum absolute atomic E-state index is 0.0466. The summed E-state index contributed by atoms with van der Waals surface area (Å²) in [6.07, 6.45) is 6.37. The average molecular weight is 933 g/mol. The first kappa shape index (κ1) is 47.3. The first-order chi connectivity index (χ1) is 34.0. The van der Waals surface area contributed by atoms with Gasteiger partial charge in [-0.15, -0.1) is 0 Å². The van der Waals surface area contributed by atoms with E-state index in [1.165, 1.54) is 61.0 Å². The number of pyridine rings is 1. The van der Waals surface area contributed by atoms with E-state index in [0.717, 1.165) is 39.6 Å². The molecule has 0 N–H and O–H groups in total. The molecule has 0 saturated carbocycles. The van der Waals surface area contributed by atoms with Gasteiger partial charge in [0.15, 0.2) is 0 Å². The van der Waals surface area contributed by atoms with Gasteiger partial charge in [0.25, 0.3) is 0 Å². The minimum atomic E-state index is -0.401. The van der Waals surface area contributed by atoms with Crippen LogP contribution in [0, 0.1) is 0 Å². The number of aromatic nitrogens is 2. The van der Waals surface area contributed by atoms with E-state index in [1.807, 2.05) is 6.20 Å². The van der Waals surface area contributed by atoms with E-state index in [1.54, 1.807) is 0 Å². The van der Waals surface area contributed by atoms with Gasteiger partial charge >= 0.3 is 0 Å². The van der Waals surface area contributed by atoms with Crippen LogP contribution in [-0.4, -0.2) is 16.2 Å². The van der Waals surface area contributed by atoms with Crippen LogP contribution in [0.15, 0.2) is 188 Å². The molecular weight excluding hydrogens is 865 g/mol. The molecule has 0 fully saturated rings. The number of fused-ring (bicyclic) bond motifs is 3. The molecule has 0 amide bonds. The summed E-state index contributed by atoms with van der Waals surface area (Å²) in [6, 6.07) is 62.0. The molecule has 0 radical (unpaired) electrons. The molecule has 1 aliphatic heterocycles. The zero-order valence-corrected chi connectivity index (χ0v) is 43.5. The summed E-state index contributed by atoms with van der Waals surface area (Å²) in [5.74, 6) is 3.07. The lowest BCUT2D eigenvalue weighted by molar-refractivity contribution is 0.481. The molecule has 0 aliphatic carbocycles. The van der Waals surface area contributed by atoms with E-state index >= 15 is 0 Å². The third-order valence-electron chi connectivity index (χ3n) is 15.0. The zero-order chi connectivity index (χ0) is 49.8. The fraction of sp³-hybridized carbons (Fsp3) is 0.258.